The van der Waals surface area contributed by atoms with E-state index in [9.17, 15) is 18.7 Å². The Hall–Kier alpha value is -1.00. The van der Waals surface area contributed by atoms with E-state index in [1.165, 1.54) is 0 Å². The van der Waals surface area contributed by atoms with E-state index in [4.69, 9.17) is 11.6 Å². The summed E-state index contributed by atoms with van der Waals surface area (Å²) in [6.45, 7) is 0. The summed E-state index contributed by atoms with van der Waals surface area (Å²) in [5, 5.41) is 9.51. The second-order valence-corrected chi connectivity index (χ2v) is 3.07. The van der Waals surface area contributed by atoms with Crippen LogP contribution in [0.3, 0.4) is 0 Å². The van der Waals surface area contributed by atoms with Gasteiger partial charge in [0.1, 0.15) is 11.6 Å². The van der Waals surface area contributed by atoms with Crippen molar-refractivity contribution in [1.29, 1.82) is 0 Å². The maximum atomic E-state index is 13.1. The first-order valence-electron chi connectivity index (χ1n) is 3.73. The highest BCUT2D eigenvalue weighted by atomic mass is 35.5. The van der Waals surface area contributed by atoms with Gasteiger partial charge in [-0.3, -0.25) is 4.79 Å². The SMILES string of the molecule is O=C[C@](O)(CCl)c1ccc(F)cc1F. The fourth-order valence-corrected chi connectivity index (χ4v) is 1.21. The van der Waals surface area contributed by atoms with Crippen molar-refractivity contribution in [3.8, 4) is 0 Å². The third-order valence-corrected chi connectivity index (χ3v) is 2.20. The number of benzene rings is 1. The van der Waals surface area contributed by atoms with Gasteiger partial charge in [-0.2, -0.15) is 0 Å². The summed E-state index contributed by atoms with van der Waals surface area (Å²) in [5.41, 5.74) is -2.43. The molecule has 0 fully saturated rings. The Bertz CT molecular complexity index is 357. The lowest BCUT2D eigenvalue weighted by Crippen LogP contribution is -2.30. The Balaban J connectivity index is 3.24. The van der Waals surface area contributed by atoms with Gasteiger partial charge in [-0.15, -0.1) is 11.6 Å². The van der Waals surface area contributed by atoms with Gasteiger partial charge in [0, 0.05) is 11.6 Å². The normalized spacial score (nSPS) is 14.9. The number of aldehydes is 1. The summed E-state index contributed by atoms with van der Waals surface area (Å²) in [6, 6.07) is 2.51. The number of halogens is 3. The molecule has 2 nitrogen and oxygen atoms in total. The topological polar surface area (TPSA) is 37.3 Å². The zero-order valence-electron chi connectivity index (χ0n) is 7.01. The molecule has 0 heterocycles. The zero-order chi connectivity index (χ0) is 10.8. The molecule has 76 valence electrons. The van der Waals surface area contributed by atoms with Crippen molar-refractivity contribution < 1.29 is 18.7 Å². The summed E-state index contributed by atoms with van der Waals surface area (Å²) < 4.78 is 25.6. The molecule has 0 aliphatic heterocycles. The summed E-state index contributed by atoms with van der Waals surface area (Å²) in [6.07, 6.45) is 0.121. The average Bonchev–Trinajstić information content (AvgIpc) is 2.17. The minimum atomic E-state index is -2.10. The average molecular weight is 221 g/mol. The van der Waals surface area contributed by atoms with Crippen LogP contribution in [-0.4, -0.2) is 17.3 Å². The van der Waals surface area contributed by atoms with Crippen LogP contribution in [0.4, 0.5) is 8.78 Å². The van der Waals surface area contributed by atoms with Crippen LogP contribution < -0.4 is 0 Å². The van der Waals surface area contributed by atoms with Crippen molar-refractivity contribution in [2.24, 2.45) is 0 Å². The van der Waals surface area contributed by atoms with E-state index in [1.807, 2.05) is 0 Å². The molecule has 0 spiro atoms. The Morgan fingerprint density at radius 1 is 1.50 bits per heavy atom. The smallest absolute Gasteiger partial charge is 0.161 e. The largest absolute Gasteiger partial charge is 0.376 e. The molecule has 5 heteroatoms. The molecule has 0 bridgehead atoms. The Morgan fingerprint density at radius 3 is 2.57 bits per heavy atom. The molecule has 1 aromatic rings. The molecule has 0 aliphatic carbocycles. The maximum Gasteiger partial charge on any atom is 0.161 e. The molecule has 1 rings (SSSR count). The quantitative estimate of drug-likeness (QED) is 0.621. The summed E-state index contributed by atoms with van der Waals surface area (Å²) in [5.74, 6) is -2.27. The molecule has 0 saturated heterocycles. The second-order valence-electron chi connectivity index (χ2n) is 2.80. The van der Waals surface area contributed by atoms with Gasteiger partial charge in [-0.25, -0.2) is 8.78 Å². The van der Waals surface area contributed by atoms with Crippen LogP contribution in [0.2, 0.25) is 0 Å². The molecule has 0 unspecified atom stereocenters. The van der Waals surface area contributed by atoms with Crippen LogP contribution in [-0.2, 0) is 10.4 Å². The summed E-state index contributed by atoms with van der Waals surface area (Å²) in [7, 11) is 0. The predicted molar refractivity (Wildman–Crippen MR) is 47.0 cm³/mol. The Labute approximate surface area is 84.1 Å². The standard InChI is InChI=1S/C9H7ClF2O2/c10-4-9(14,5-13)7-2-1-6(11)3-8(7)12/h1-3,5,14H,4H2/t9-/m1/s1. The molecule has 1 N–H and O–H groups in total. The first-order valence-corrected chi connectivity index (χ1v) is 4.27. The lowest BCUT2D eigenvalue weighted by atomic mass is 9.97. The van der Waals surface area contributed by atoms with Crippen LogP contribution >= 0.6 is 11.6 Å². The molecule has 14 heavy (non-hydrogen) atoms. The maximum absolute atomic E-state index is 13.1. The van der Waals surface area contributed by atoms with Crippen molar-refractivity contribution >= 4 is 17.9 Å². The lowest BCUT2D eigenvalue weighted by molar-refractivity contribution is -0.123. The highest BCUT2D eigenvalue weighted by Crippen LogP contribution is 2.23. The number of alkyl halides is 1. The van der Waals surface area contributed by atoms with E-state index < -0.39 is 23.1 Å². The van der Waals surface area contributed by atoms with Crippen LogP contribution in [0.15, 0.2) is 18.2 Å². The van der Waals surface area contributed by atoms with Crippen molar-refractivity contribution in [3.63, 3.8) is 0 Å². The Kier molecular flexibility index (Phi) is 3.18. The fraction of sp³-hybridized carbons (Fsp3) is 0.222. The van der Waals surface area contributed by atoms with E-state index in [-0.39, 0.29) is 11.8 Å². The van der Waals surface area contributed by atoms with Crippen LogP contribution in [0.1, 0.15) is 5.56 Å². The van der Waals surface area contributed by atoms with Gasteiger partial charge in [0.05, 0.1) is 5.88 Å². The molecule has 0 radical (unpaired) electrons. The van der Waals surface area contributed by atoms with Gasteiger partial charge >= 0.3 is 0 Å². The third-order valence-electron chi connectivity index (χ3n) is 1.80. The minimum Gasteiger partial charge on any atom is -0.376 e. The van der Waals surface area contributed by atoms with E-state index in [2.05, 4.69) is 0 Å². The highest BCUT2D eigenvalue weighted by Gasteiger charge is 2.30. The lowest BCUT2D eigenvalue weighted by Gasteiger charge is -2.19. The van der Waals surface area contributed by atoms with Gasteiger partial charge in [0.25, 0.3) is 0 Å². The molecule has 0 amide bonds. The number of carbonyl (C=O) groups is 1. The van der Waals surface area contributed by atoms with Gasteiger partial charge in [-0.05, 0) is 12.1 Å². The minimum absolute atomic E-state index is 0.121. The van der Waals surface area contributed by atoms with Crippen molar-refractivity contribution in [2.75, 3.05) is 5.88 Å². The summed E-state index contributed by atoms with van der Waals surface area (Å²) >= 11 is 5.31. The van der Waals surface area contributed by atoms with Gasteiger partial charge in [0.2, 0.25) is 0 Å². The van der Waals surface area contributed by atoms with E-state index in [1.54, 1.807) is 0 Å². The summed E-state index contributed by atoms with van der Waals surface area (Å²) in [4.78, 5) is 10.5. The number of aliphatic hydroxyl groups is 1. The highest BCUT2D eigenvalue weighted by molar-refractivity contribution is 6.19. The molecular weight excluding hydrogens is 214 g/mol. The molecule has 0 aliphatic rings. The van der Waals surface area contributed by atoms with Crippen LogP contribution in [0, 0.1) is 11.6 Å². The van der Waals surface area contributed by atoms with E-state index >= 15 is 0 Å². The molecular formula is C9H7ClF2O2. The van der Waals surface area contributed by atoms with Gasteiger partial charge < -0.3 is 5.11 Å². The molecule has 1 aromatic carbocycles. The fourth-order valence-electron chi connectivity index (χ4n) is 1.01. The first-order chi connectivity index (χ1) is 6.53. The van der Waals surface area contributed by atoms with Crippen molar-refractivity contribution in [3.05, 3.63) is 35.4 Å². The van der Waals surface area contributed by atoms with Crippen LogP contribution in [0.25, 0.3) is 0 Å². The van der Waals surface area contributed by atoms with Crippen LogP contribution in [0.5, 0.6) is 0 Å². The van der Waals surface area contributed by atoms with Crippen molar-refractivity contribution in [1.82, 2.24) is 0 Å². The zero-order valence-corrected chi connectivity index (χ0v) is 7.76. The number of carbonyl (C=O) groups excluding carboxylic acids is 1. The number of hydrogen-bond donors (Lipinski definition) is 1. The van der Waals surface area contributed by atoms with Gasteiger partial charge in [-0.1, -0.05) is 0 Å². The van der Waals surface area contributed by atoms with E-state index in [0.717, 1.165) is 12.1 Å². The molecule has 0 aromatic heterocycles. The molecule has 0 saturated carbocycles. The Morgan fingerprint density at radius 2 is 2.14 bits per heavy atom. The number of hydrogen-bond acceptors (Lipinski definition) is 2. The number of rotatable bonds is 3. The van der Waals surface area contributed by atoms with Gasteiger partial charge in [0.15, 0.2) is 11.9 Å². The monoisotopic (exact) mass is 220 g/mol. The predicted octanol–water partition coefficient (Wildman–Crippen LogP) is 1.59. The van der Waals surface area contributed by atoms with E-state index in [0.29, 0.717) is 6.07 Å². The first kappa shape index (κ1) is 11.1. The third kappa shape index (κ3) is 1.91. The van der Waals surface area contributed by atoms with Crippen molar-refractivity contribution in [2.45, 2.75) is 5.60 Å². The second kappa shape index (κ2) is 4.02. The molecule has 1 atom stereocenters.